The standard InChI is InChI=1S/C23H17NO3/c1-2-21(27-22-6-4-3-5-20(22)23(25)26)19-13-11-18(12-14-19)17-9-7-16(15-24)8-10-17/h2-14,21H,1H2,(H,25,26). The lowest BCUT2D eigenvalue weighted by Gasteiger charge is -2.17. The average Bonchev–Trinajstić information content (AvgIpc) is 2.72. The summed E-state index contributed by atoms with van der Waals surface area (Å²) >= 11 is 0. The third kappa shape index (κ3) is 4.05. The van der Waals surface area contributed by atoms with Gasteiger partial charge in [-0.15, -0.1) is 0 Å². The maximum Gasteiger partial charge on any atom is 0.339 e. The smallest absolute Gasteiger partial charge is 0.339 e. The summed E-state index contributed by atoms with van der Waals surface area (Å²) in [5.41, 5.74) is 3.61. The summed E-state index contributed by atoms with van der Waals surface area (Å²) in [6.45, 7) is 3.80. The molecule has 0 radical (unpaired) electrons. The van der Waals surface area contributed by atoms with E-state index in [4.69, 9.17) is 10.00 Å². The first-order valence-electron chi connectivity index (χ1n) is 8.34. The second-order valence-corrected chi connectivity index (χ2v) is 5.89. The number of carbonyl (C=O) groups is 1. The predicted octanol–water partition coefficient (Wildman–Crippen LogP) is 5.23. The highest BCUT2D eigenvalue weighted by Gasteiger charge is 2.15. The minimum atomic E-state index is -1.04. The van der Waals surface area contributed by atoms with Gasteiger partial charge in [-0.25, -0.2) is 4.79 Å². The van der Waals surface area contributed by atoms with Crippen LogP contribution < -0.4 is 4.74 Å². The van der Waals surface area contributed by atoms with Crippen molar-refractivity contribution in [2.24, 2.45) is 0 Å². The number of hydrogen-bond donors (Lipinski definition) is 1. The first-order valence-corrected chi connectivity index (χ1v) is 8.34. The molecule has 3 aromatic rings. The Balaban J connectivity index is 1.83. The van der Waals surface area contributed by atoms with E-state index in [2.05, 4.69) is 12.6 Å². The predicted molar refractivity (Wildman–Crippen MR) is 104 cm³/mol. The van der Waals surface area contributed by atoms with Crippen molar-refractivity contribution in [3.8, 4) is 22.9 Å². The van der Waals surface area contributed by atoms with Crippen molar-refractivity contribution in [1.82, 2.24) is 0 Å². The summed E-state index contributed by atoms with van der Waals surface area (Å²) in [6.07, 6.45) is 1.16. The summed E-state index contributed by atoms with van der Waals surface area (Å²) < 4.78 is 5.88. The Kier molecular flexibility index (Phi) is 5.34. The van der Waals surface area contributed by atoms with E-state index in [1.807, 2.05) is 36.4 Å². The van der Waals surface area contributed by atoms with Gasteiger partial charge in [-0.3, -0.25) is 0 Å². The maximum absolute atomic E-state index is 11.3. The van der Waals surface area contributed by atoms with Gasteiger partial charge in [0.1, 0.15) is 17.4 Å². The molecule has 0 spiro atoms. The van der Waals surface area contributed by atoms with Crippen LogP contribution in [0.1, 0.15) is 27.6 Å². The fourth-order valence-electron chi connectivity index (χ4n) is 2.74. The van der Waals surface area contributed by atoms with Crippen molar-refractivity contribution >= 4 is 5.97 Å². The zero-order valence-corrected chi connectivity index (χ0v) is 14.5. The third-order valence-corrected chi connectivity index (χ3v) is 4.17. The van der Waals surface area contributed by atoms with E-state index in [0.29, 0.717) is 11.3 Å². The highest BCUT2D eigenvalue weighted by molar-refractivity contribution is 5.90. The van der Waals surface area contributed by atoms with Crippen LogP contribution in [0.2, 0.25) is 0 Å². The van der Waals surface area contributed by atoms with Crippen molar-refractivity contribution in [3.63, 3.8) is 0 Å². The van der Waals surface area contributed by atoms with E-state index in [1.54, 1.807) is 36.4 Å². The monoisotopic (exact) mass is 355 g/mol. The Hall–Kier alpha value is -3.84. The van der Waals surface area contributed by atoms with E-state index < -0.39 is 12.1 Å². The average molecular weight is 355 g/mol. The van der Waals surface area contributed by atoms with Gasteiger partial charge < -0.3 is 9.84 Å². The number of nitriles is 1. The maximum atomic E-state index is 11.3. The van der Waals surface area contributed by atoms with Crippen LogP contribution >= 0.6 is 0 Å². The van der Waals surface area contributed by atoms with Crippen LogP contribution in [0, 0.1) is 11.3 Å². The van der Waals surface area contributed by atoms with Crippen LogP contribution in [0.3, 0.4) is 0 Å². The van der Waals surface area contributed by atoms with Gasteiger partial charge in [0.2, 0.25) is 0 Å². The van der Waals surface area contributed by atoms with Crippen LogP contribution in [-0.4, -0.2) is 11.1 Å². The number of para-hydroxylation sites is 1. The molecule has 3 rings (SSSR count). The van der Waals surface area contributed by atoms with Crippen molar-refractivity contribution in [2.75, 3.05) is 0 Å². The number of carboxylic acid groups (broad SMARTS) is 1. The van der Waals surface area contributed by atoms with Crippen molar-refractivity contribution in [3.05, 3.63) is 102 Å². The normalized spacial score (nSPS) is 11.2. The zero-order chi connectivity index (χ0) is 19.2. The van der Waals surface area contributed by atoms with E-state index >= 15 is 0 Å². The Morgan fingerprint density at radius 2 is 1.59 bits per heavy atom. The first kappa shape index (κ1) is 18.0. The number of aromatic carboxylic acids is 1. The Labute approximate surface area is 157 Å². The molecule has 27 heavy (non-hydrogen) atoms. The molecule has 0 aliphatic rings. The molecule has 132 valence electrons. The fourth-order valence-corrected chi connectivity index (χ4v) is 2.74. The van der Waals surface area contributed by atoms with Gasteiger partial charge in [0, 0.05) is 0 Å². The molecule has 0 saturated carbocycles. The molecule has 0 heterocycles. The van der Waals surface area contributed by atoms with E-state index in [0.717, 1.165) is 16.7 Å². The summed E-state index contributed by atoms with van der Waals surface area (Å²) in [6, 6.07) is 23.7. The molecule has 0 saturated heterocycles. The lowest BCUT2D eigenvalue weighted by atomic mass is 10.0. The van der Waals surface area contributed by atoms with Crippen molar-refractivity contribution in [2.45, 2.75) is 6.10 Å². The molecule has 0 fully saturated rings. The molecule has 4 heteroatoms. The fraction of sp³-hybridized carbons (Fsp3) is 0.0435. The van der Waals surface area contributed by atoms with E-state index in [-0.39, 0.29) is 5.56 Å². The third-order valence-electron chi connectivity index (χ3n) is 4.17. The van der Waals surface area contributed by atoms with Crippen LogP contribution in [0.15, 0.2) is 85.5 Å². The number of ether oxygens (including phenoxy) is 1. The molecule has 1 atom stereocenters. The number of nitrogens with zero attached hydrogens (tertiary/aromatic N) is 1. The quantitative estimate of drug-likeness (QED) is 0.615. The Bertz CT molecular complexity index is 999. The molecular formula is C23H17NO3. The van der Waals surface area contributed by atoms with E-state index in [9.17, 15) is 9.90 Å². The topological polar surface area (TPSA) is 70.3 Å². The number of hydrogen-bond acceptors (Lipinski definition) is 3. The van der Waals surface area contributed by atoms with E-state index in [1.165, 1.54) is 6.07 Å². The second kappa shape index (κ2) is 8.03. The highest BCUT2D eigenvalue weighted by Crippen LogP contribution is 2.28. The van der Waals surface area contributed by atoms with Crippen molar-refractivity contribution < 1.29 is 14.6 Å². The molecule has 1 unspecified atom stereocenters. The SMILES string of the molecule is C=CC(Oc1ccccc1C(=O)O)c1ccc(-c2ccc(C#N)cc2)cc1. The minimum Gasteiger partial charge on any atom is -0.481 e. The Morgan fingerprint density at radius 3 is 2.15 bits per heavy atom. The van der Waals surface area contributed by atoms with Gasteiger partial charge in [0.25, 0.3) is 0 Å². The molecule has 0 aromatic heterocycles. The van der Waals surface area contributed by atoms with Crippen LogP contribution in [-0.2, 0) is 0 Å². The molecule has 0 aliphatic carbocycles. The van der Waals surface area contributed by atoms with Crippen LogP contribution in [0.25, 0.3) is 11.1 Å². The molecule has 1 N–H and O–H groups in total. The largest absolute Gasteiger partial charge is 0.481 e. The number of rotatable bonds is 6. The lowest BCUT2D eigenvalue weighted by molar-refractivity contribution is 0.0690. The second-order valence-electron chi connectivity index (χ2n) is 5.89. The molecular weight excluding hydrogens is 338 g/mol. The molecule has 0 amide bonds. The summed E-state index contributed by atoms with van der Waals surface area (Å²) in [5.74, 6) is -0.740. The lowest BCUT2D eigenvalue weighted by Crippen LogP contribution is -2.08. The zero-order valence-electron chi connectivity index (χ0n) is 14.5. The summed E-state index contributed by atoms with van der Waals surface area (Å²) in [4.78, 5) is 11.3. The van der Waals surface area contributed by atoms with Gasteiger partial charge in [-0.05, 0) is 47.0 Å². The minimum absolute atomic E-state index is 0.110. The van der Waals surface area contributed by atoms with Gasteiger partial charge >= 0.3 is 5.97 Å². The first-order chi connectivity index (χ1) is 13.1. The van der Waals surface area contributed by atoms with Gasteiger partial charge in [0.05, 0.1) is 11.6 Å². The van der Waals surface area contributed by atoms with Gasteiger partial charge in [-0.2, -0.15) is 5.26 Å². The molecule has 3 aromatic carbocycles. The molecule has 0 aliphatic heterocycles. The Morgan fingerprint density at radius 1 is 1.00 bits per heavy atom. The molecule has 4 nitrogen and oxygen atoms in total. The van der Waals surface area contributed by atoms with Gasteiger partial charge in [0.15, 0.2) is 0 Å². The number of carboxylic acids is 1. The molecule has 0 bridgehead atoms. The van der Waals surface area contributed by atoms with Crippen LogP contribution in [0.5, 0.6) is 5.75 Å². The highest BCUT2D eigenvalue weighted by atomic mass is 16.5. The van der Waals surface area contributed by atoms with Gasteiger partial charge in [-0.1, -0.05) is 55.1 Å². The van der Waals surface area contributed by atoms with Crippen molar-refractivity contribution in [1.29, 1.82) is 5.26 Å². The summed E-state index contributed by atoms with van der Waals surface area (Å²) in [7, 11) is 0. The van der Waals surface area contributed by atoms with Crippen LogP contribution in [0.4, 0.5) is 0 Å². The summed E-state index contributed by atoms with van der Waals surface area (Å²) in [5, 5.41) is 18.2. The number of benzene rings is 3.